The normalized spacial score (nSPS) is 17.7. The van der Waals surface area contributed by atoms with Gasteiger partial charge in [-0.05, 0) is 69.4 Å². The predicted molar refractivity (Wildman–Crippen MR) is 112 cm³/mol. The first-order chi connectivity index (χ1) is 13.1. The molecule has 5 nitrogen and oxygen atoms in total. The summed E-state index contributed by atoms with van der Waals surface area (Å²) >= 11 is 6.21. The quantitative estimate of drug-likeness (QED) is 0.798. The molecule has 1 aliphatic rings. The number of rotatable bonds is 4. The van der Waals surface area contributed by atoms with E-state index >= 15 is 0 Å². The van der Waals surface area contributed by atoms with Crippen molar-refractivity contribution in [3.63, 3.8) is 0 Å². The minimum atomic E-state index is -3.78. The summed E-state index contributed by atoms with van der Waals surface area (Å²) in [4.78, 5) is 13.2. The van der Waals surface area contributed by atoms with E-state index < -0.39 is 16.1 Å². The molecule has 1 saturated heterocycles. The van der Waals surface area contributed by atoms with Gasteiger partial charge in [0, 0.05) is 6.54 Å². The number of halogens is 1. The van der Waals surface area contributed by atoms with Gasteiger partial charge in [-0.15, -0.1) is 0 Å². The van der Waals surface area contributed by atoms with E-state index in [9.17, 15) is 13.2 Å². The minimum absolute atomic E-state index is 0.297. The zero-order chi connectivity index (χ0) is 20.6. The number of carbonyl (C=O) groups excluding carboxylic acids is 1. The maximum atomic E-state index is 13.4. The number of carbonyl (C=O) groups is 1. The van der Waals surface area contributed by atoms with E-state index in [1.54, 1.807) is 26.0 Å². The molecule has 1 atom stereocenters. The van der Waals surface area contributed by atoms with Crippen LogP contribution in [0.4, 0.5) is 5.69 Å². The molecule has 0 aromatic heterocycles. The maximum Gasteiger partial charge on any atom is 0.244 e. The minimum Gasteiger partial charge on any atom is -0.323 e. The number of hydrogen-bond acceptors (Lipinski definition) is 3. The third-order valence-corrected chi connectivity index (χ3v) is 7.59. The van der Waals surface area contributed by atoms with Crippen molar-refractivity contribution in [1.82, 2.24) is 4.31 Å². The number of aryl methyl sites for hydroxylation is 4. The maximum absolute atomic E-state index is 13.4. The highest BCUT2D eigenvalue weighted by molar-refractivity contribution is 7.89. The van der Waals surface area contributed by atoms with Gasteiger partial charge in [-0.1, -0.05) is 35.4 Å². The summed E-state index contributed by atoms with van der Waals surface area (Å²) in [5.74, 6) is -0.353. The van der Waals surface area contributed by atoms with E-state index in [4.69, 9.17) is 11.6 Å². The van der Waals surface area contributed by atoms with E-state index in [1.807, 2.05) is 32.0 Å². The third kappa shape index (κ3) is 3.95. The van der Waals surface area contributed by atoms with Crippen molar-refractivity contribution in [2.24, 2.45) is 0 Å². The molecule has 2 aromatic rings. The van der Waals surface area contributed by atoms with Gasteiger partial charge in [-0.3, -0.25) is 4.79 Å². The summed E-state index contributed by atoms with van der Waals surface area (Å²) in [6.45, 7) is 7.77. The molecule has 1 fully saturated rings. The first kappa shape index (κ1) is 20.8. The SMILES string of the molecule is Cc1cc(C)c(S(=O)(=O)N2CCCC2C(=O)Nc2ccc(C)cc2Cl)c(C)c1. The highest BCUT2D eigenvalue weighted by Crippen LogP contribution is 2.32. The average Bonchev–Trinajstić information content (AvgIpc) is 3.06. The molecule has 1 heterocycles. The Hall–Kier alpha value is -1.89. The monoisotopic (exact) mass is 420 g/mol. The summed E-state index contributed by atoms with van der Waals surface area (Å²) < 4.78 is 28.1. The topological polar surface area (TPSA) is 66.5 Å². The van der Waals surface area contributed by atoms with E-state index in [2.05, 4.69) is 5.32 Å². The molecular weight excluding hydrogens is 396 g/mol. The Morgan fingerprint density at radius 1 is 1.07 bits per heavy atom. The summed E-state index contributed by atoms with van der Waals surface area (Å²) in [5, 5.41) is 3.23. The van der Waals surface area contributed by atoms with Gasteiger partial charge in [0.05, 0.1) is 15.6 Å². The van der Waals surface area contributed by atoms with Crippen LogP contribution in [0.25, 0.3) is 0 Å². The average molecular weight is 421 g/mol. The first-order valence-electron chi connectivity index (χ1n) is 9.28. The van der Waals surface area contributed by atoms with Gasteiger partial charge in [0.2, 0.25) is 15.9 Å². The van der Waals surface area contributed by atoms with E-state index in [1.165, 1.54) is 4.31 Å². The van der Waals surface area contributed by atoms with Crippen molar-refractivity contribution in [2.75, 3.05) is 11.9 Å². The number of nitrogens with zero attached hydrogens (tertiary/aromatic N) is 1. The number of anilines is 1. The van der Waals surface area contributed by atoms with Gasteiger partial charge in [0.15, 0.2) is 0 Å². The standard InChI is InChI=1S/C21H25ClN2O3S/c1-13-7-8-18(17(22)12-13)23-21(25)19-6-5-9-24(19)28(26,27)20-15(3)10-14(2)11-16(20)4/h7-8,10-12,19H,5-6,9H2,1-4H3,(H,23,25). The largest absolute Gasteiger partial charge is 0.323 e. The lowest BCUT2D eigenvalue weighted by atomic mass is 10.1. The lowest BCUT2D eigenvalue weighted by Crippen LogP contribution is -2.43. The van der Waals surface area contributed by atoms with E-state index in [-0.39, 0.29) is 5.91 Å². The summed E-state index contributed by atoms with van der Waals surface area (Å²) in [6, 6.07) is 8.32. The highest BCUT2D eigenvalue weighted by Gasteiger charge is 2.40. The molecular formula is C21H25ClN2O3S. The van der Waals surface area contributed by atoms with Gasteiger partial charge in [-0.25, -0.2) is 8.42 Å². The van der Waals surface area contributed by atoms with E-state index in [0.29, 0.717) is 46.1 Å². The fourth-order valence-electron chi connectivity index (χ4n) is 3.92. The second-order valence-electron chi connectivity index (χ2n) is 7.47. The fraction of sp³-hybridized carbons (Fsp3) is 0.381. The van der Waals surface area contributed by atoms with Crippen LogP contribution in [0.2, 0.25) is 5.02 Å². The first-order valence-corrected chi connectivity index (χ1v) is 11.1. The Balaban J connectivity index is 1.91. The molecule has 0 spiro atoms. The van der Waals surface area contributed by atoms with Crippen LogP contribution in [0.1, 0.15) is 35.1 Å². The van der Waals surface area contributed by atoms with Crippen molar-refractivity contribution in [1.29, 1.82) is 0 Å². The number of benzene rings is 2. The molecule has 0 aliphatic carbocycles. The smallest absolute Gasteiger partial charge is 0.244 e. The Morgan fingerprint density at radius 3 is 2.32 bits per heavy atom. The number of sulfonamides is 1. The molecule has 7 heteroatoms. The molecule has 0 radical (unpaired) electrons. The number of amides is 1. The van der Waals surface area contributed by atoms with Gasteiger partial charge in [0.1, 0.15) is 6.04 Å². The molecule has 0 saturated carbocycles. The van der Waals surface area contributed by atoms with Crippen LogP contribution in [0, 0.1) is 27.7 Å². The van der Waals surface area contributed by atoms with Crippen molar-refractivity contribution in [3.05, 3.63) is 57.6 Å². The van der Waals surface area contributed by atoms with Crippen LogP contribution in [0.5, 0.6) is 0 Å². The van der Waals surface area contributed by atoms with Crippen LogP contribution in [-0.2, 0) is 14.8 Å². The van der Waals surface area contributed by atoms with Crippen molar-refractivity contribution < 1.29 is 13.2 Å². The zero-order valence-electron chi connectivity index (χ0n) is 16.5. The van der Waals surface area contributed by atoms with Gasteiger partial charge >= 0.3 is 0 Å². The fourth-order valence-corrected chi connectivity index (χ4v) is 6.27. The van der Waals surface area contributed by atoms with Crippen LogP contribution in [-0.4, -0.2) is 31.2 Å². The van der Waals surface area contributed by atoms with Crippen LogP contribution in [0.15, 0.2) is 35.2 Å². The molecule has 0 bridgehead atoms. The van der Waals surface area contributed by atoms with Gasteiger partial charge in [-0.2, -0.15) is 4.31 Å². The van der Waals surface area contributed by atoms with Crippen molar-refractivity contribution in [2.45, 2.75) is 51.5 Å². The zero-order valence-corrected chi connectivity index (χ0v) is 18.1. The molecule has 2 aromatic carbocycles. The molecule has 28 heavy (non-hydrogen) atoms. The molecule has 1 aliphatic heterocycles. The second-order valence-corrected chi connectivity index (χ2v) is 9.71. The second kappa shape index (κ2) is 7.85. The Morgan fingerprint density at radius 2 is 1.71 bits per heavy atom. The van der Waals surface area contributed by atoms with Gasteiger partial charge in [0.25, 0.3) is 0 Å². The Kier molecular flexibility index (Phi) is 5.84. The van der Waals surface area contributed by atoms with Crippen LogP contribution < -0.4 is 5.32 Å². The van der Waals surface area contributed by atoms with E-state index in [0.717, 1.165) is 11.1 Å². The lowest BCUT2D eigenvalue weighted by molar-refractivity contribution is -0.119. The van der Waals surface area contributed by atoms with Crippen molar-refractivity contribution >= 4 is 33.2 Å². The Labute approximate surface area is 171 Å². The molecule has 3 rings (SSSR count). The lowest BCUT2D eigenvalue weighted by Gasteiger charge is -2.25. The molecule has 150 valence electrons. The highest BCUT2D eigenvalue weighted by atomic mass is 35.5. The molecule has 1 N–H and O–H groups in total. The molecule has 1 amide bonds. The summed E-state index contributed by atoms with van der Waals surface area (Å²) in [5.41, 5.74) is 3.89. The third-order valence-electron chi connectivity index (χ3n) is 5.06. The van der Waals surface area contributed by atoms with Gasteiger partial charge < -0.3 is 5.32 Å². The van der Waals surface area contributed by atoms with Crippen LogP contribution in [0.3, 0.4) is 0 Å². The van der Waals surface area contributed by atoms with Crippen molar-refractivity contribution in [3.8, 4) is 0 Å². The summed E-state index contributed by atoms with van der Waals surface area (Å²) in [7, 11) is -3.78. The Bertz CT molecular complexity index is 1010. The summed E-state index contributed by atoms with van der Waals surface area (Å²) in [6.07, 6.45) is 1.13. The molecule has 1 unspecified atom stereocenters. The number of nitrogens with one attached hydrogen (secondary N) is 1. The van der Waals surface area contributed by atoms with Crippen LogP contribution >= 0.6 is 11.6 Å². The predicted octanol–water partition coefficient (Wildman–Crippen LogP) is 4.37. The number of hydrogen-bond donors (Lipinski definition) is 1.